The van der Waals surface area contributed by atoms with Crippen LogP contribution in [0.15, 0.2) is 23.8 Å². The molecule has 112 valence electrons. The molecule has 2 heterocycles. The number of nitrogens with zero attached hydrogens (tertiary/aromatic N) is 2. The van der Waals surface area contributed by atoms with Crippen LogP contribution in [0.25, 0.3) is 0 Å². The SMILES string of the molecule is CC(NC(=O)CCCNC(=O)c1cccs1)c1ncn[nH]1. The van der Waals surface area contributed by atoms with Crippen LogP contribution in [0.5, 0.6) is 0 Å². The lowest BCUT2D eigenvalue weighted by molar-refractivity contribution is -0.121. The Morgan fingerprint density at radius 2 is 2.33 bits per heavy atom. The summed E-state index contributed by atoms with van der Waals surface area (Å²) in [5.74, 6) is 0.444. The van der Waals surface area contributed by atoms with Crippen molar-refractivity contribution in [2.75, 3.05) is 6.54 Å². The third kappa shape index (κ3) is 4.67. The van der Waals surface area contributed by atoms with Gasteiger partial charge in [0.2, 0.25) is 5.91 Å². The van der Waals surface area contributed by atoms with Crippen LogP contribution in [-0.4, -0.2) is 33.5 Å². The fourth-order valence-corrected chi connectivity index (χ4v) is 2.39. The van der Waals surface area contributed by atoms with Crippen LogP contribution in [-0.2, 0) is 4.79 Å². The first kappa shape index (κ1) is 15.2. The van der Waals surface area contributed by atoms with Gasteiger partial charge >= 0.3 is 0 Å². The number of aromatic amines is 1. The highest BCUT2D eigenvalue weighted by molar-refractivity contribution is 7.12. The Morgan fingerprint density at radius 3 is 3.00 bits per heavy atom. The molecule has 7 nitrogen and oxygen atoms in total. The van der Waals surface area contributed by atoms with Crippen molar-refractivity contribution in [1.82, 2.24) is 25.8 Å². The number of nitrogens with one attached hydrogen (secondary N) is 3. The lowest BCUT2D eigenvalue weighted by atomic mass is 10.2. The smallest absolute Gasteiger partial charge is 0.261 e. The van der Waals surface area contributed by atoms with Gasteiger partial charge in [0.15, 0.2) is 0 Å². The van der Waals surface area contributed by atoms with E-state index < -0.39 is 0 Å². The van der Waals surface area contributed by atoms with E-state index in [4.69, 9.17) is 0 Å². The van der Waals surface area contributed by atoms with E-state index in [0.29, 0.717) is 30.1 Å². The van der Waals surface area contributed by atoms with Gasteiger partial charge in [-0.15, -0.1) is 11.3 Å². The van der Waals surface area contributed by atoms with Gasteiger partial charge in [0, 0.05) is 13.0 Å². The standard InChI is InChI=1S/C13H17N5O2S/c1-9(12-15-8-16-18-12)17-11(19)5-2-6-14-13(20)10-4-3-7-21-10/h3-4,7-9H,2,5-6H2,1H3,(H,14,20)(H,17,19)(H,15,16,18). The van der Waals surface area contributed by atoms with Gasteiger partial charge in [-0.1, -0.05) is 6.07 Å². The number of amides is 2. The maximum atomic E-state index is 11.7. The molecule has 8 heteroatoms. The third-order valence-corrected chi connectivity index (χ3v) is 3.70. The summed E-state index contributed by atoms with van der Waals surface area (Å²) in [6.45, 7) is 2.30. The molecule has 2 aromatic heterocycles. The van der Waals surface area contributed by atoms with Gasteiger partial charge in [0.05, 0.1) is 10.9 Å². The van der Waals surface area contributed by atoms with Gasteiger partial charge in [-0.25, -0.2) is 4.98 Å². The van der Waals surface area contributed by atoms with Crippen molar-refractivity contribution in [3.05, 3.63) is 34.5 Å². The lowest BCUT2D eigenvalue weighted by Gasteiger charge is -2.11. The summed E-state index contributed by atoms with van der Waals surface area (Å²) < 4.78 is 0. The summed E-state index contributed by atoms with van der Waals surface area (Å²) in [6.07, 6.45) is 2.34. The fraction of sp³-hybridized carbons (Fsp3) is 0.385. The maximum absolute atomic E-state index is 11.7. The van der Waals surface area contributed by atoms with Crippen molar-refractivity contribution in [3.63, 3.8) is 0 Å². The van der Waals surface area contributed by atoms with Crippen LogP contribution < -0.4 is 10.6 Å². The number of hydrogen-bond donors (Lipinski definition) is 3. The van der Waals surface area contributed by atoms with Gasteiger partial charge in [-0.05, 0) is 24.8 Å². The summed E-state index contributed by atoms with van der Waals surface area (Å²) in [5.41, 5.74) is 0. The van der Waals surface area contributed by atoms with Crippen molar-refractivity contribution in [1.29, 1.82) is 0 Å². The number of H-pyrrole nitrogens is 1. The highest BCUT2D eigenvalue weighted by atomic mass is 32.1. The van der Waals surface area contributed by atoms with Gasteiger partial charge in [-0.3, -0.25) is 14.7 Å². The molecule has 0 bridgehead atoms. The molecule has 21 heavy (non-hydrogen) atoms. The summed E-state index contributed by atoms with van der Waals surface area (Å²) in [7, 11) is 0. The van der Waals surface area contributed by atoms with Crippen molar-refractivity contribution in [2.45, 2.75) is 25.8 Å². The summed E-state index contributed by atoms with van der Waals surface area (Å²) in [4.78, 5) is 28.1. The van der Waals surface area contributed by atoms with Crippen molar-refractivity contribution < 1.29 is 9.59 Å². The molecule has 0 fully saturated rings. The molecule has 2 amide bonds. The van der Waals surface area contributed by atoms with Crippen LogP contribution >= 0.6 is 11.3 Å². The Bertz CT molecular complexity index is 567. The number of carbonyl (C=O) groups is 2. The number of hydrogen-bond acceptors (Lipinski definition) is 5. The van der Waals surface area contributed by atoms with E-state index in [2.05, 4.69) is 25.8 Å². The highest BCUT2D eigenvalue weighted by Crippen LogP contribution is 2.08. The number of carbonyl (C=O) groups excluding carboxylic acids is 2. The molecule has 2 aromatic rings. The monoisotopic (exact) mass is 307 g/mol. The molecule has 0 spiro atoms. The third-order valence-electron chi connectivity index (χ3n) is 2.83. The van der Waals surface area contributed by atoms with E-state index in [0.717, 1.165) is 0 Å². The Kier molecular flexibility index (Phi) is 5.44. The second-order valence-electron chi connectivity index (χ2n) is 4.50. The zero-order chi connectivity index (χ0) is 15.1. The summed E-state index contributed by atoms with van der Waals surface area (Å²) >= 11 is 1.39. The van der Waals surface area contributed by atoms with Gasteiger partial charge in [-0.2, -0.15) is 5.10 Å². The molecule has 3 N–H and O–H groups in total. The molecular formula is C13H17N5O2S. The van der Waals surface area contributed by atoms with Gasteiger partial charge < -0.3 is 10.6 Å². The zero-order valence-corrected chi connectivity index (χ0v) is 12.4. The quantitative estimate of drug-likeness (QED) is 0.670. The Morgan fingerprint density at radius 1 is 1.48 bits per heavy atom. The predicted octanol–water partition coefficient (Wildman–Crippen LogP) is 1.25. The number of aromatic nitrogens is 3. The van der Waals surface area contributed by atoms with Crippen LogP contribution in [0.3, 0.4) is 0 Å². The first-order chi connectivity index (χ1) is 10.2. The molecule has 1 unspecified atom stereocenters. The second-order valence-corrected chi connectivity index (χ2v) is 5.44. The van der Waals surface area contributed by atoms with E-state index in [1.807, 2.05) is 18.4 Å². The normalized spacial score (nSPS) is 11.9. The minimum absolute atomic E-state index is 0.0794. The largest absolute Gasteiger partial charge is 0.351 e. The predicted molar refractivity (Wildman–Crippen MR) is 78.8 cm³/mol. The fourth-order valence-electron chi connectivity index (χ4n) is 1.75. The van der Waals surface area contributed by atoms with Gasteiger partial charge in [0.1, 0.15) is 12.2 Å². The van der Waals surface area contributed by atoms with E-state index in [1.165, 1.54) is 17.7 Å². The summed E-state index contributed by atoms with van der Waals surface area (Å²) in [6, 6.07) is 3.39. The van der Waals surface area contributed by atoms with Crippen molar-refractivity contribution in [2.24, 2.45) is 0 Å². The molecule has 0 aliphatic carbocycles. The minimum atomic E-state index is -0.208. The number of thiophene rings is 1. The maximum Gasteiger partial charge on any atom is 0.261 e. The van der Waals surface area contributed by atoms with Crippen LogP contribution in [0.2, 0.25) is 0 Å². The van der Waals surface area contributed by atoms with E-state index in [-0.39, 0.29) is 17.9 Å². The molecule has 0 aliphatic rings. The Balaban J connectivity index is 1.62. The van der Waals surface area contributed by atoms with E-state index >= 15 is 0 Å². The molecule has 2 rings (SSSR count). The zero-order valence-electron chi connectivity index (χ0n) is 11.6. The molecule has 0 aromatic carbocycles. The van der Waals surface area contributed by atoms with Crippen LogP contribution in [0, 0.1) is 0 Å². The first-order valence-electron chi connectivity index (χ1n) is 6.63. The second kappa shape index (κ2) is 7.53. The molecular weight excluding hydrogens is 290 g/mol. The van der Waals surface area contributed by atoms with Crippen LogP contribution in [0.4, 0.5) is 0 Å². The van der Waals surface area contributed by atoms with Crippen molar-refractivity contribution >= 4 is 23.2 Å². The molecule has 0 aliphatic heterocycles. The number of rotatable bonds is 7. The first-order valence-corrected chi connectivity index (χ1v) is 7.51. The topological polar surface area (TPSA) is 99.8 Å². The van der Waals surface area contributed by atoms with Gasteiger partial charge in [0.25, 0.3) is 5.91 Å². The molecule has 0 radical (unpaired) electrons. The Hall–Kier alpha value is -2.22. The highest BCUT2D eigenvalue weighted by Gasteiger charge is 2.11. The Labute approximate surface area is 126 Å². The minimum Gasteiger partial charge on any atom is -0.351 e. The van der Waals surface area contributed by atoms with Crippen LogP contribution in [0.1, 0.15) is 41.3 Å². The molecule has 1 atom stereocenters. The average molecular weight is 307 g/mol. The van der Waals surface area contributed by atoms with Crippen molar-refractivity contribution in [3.8, 4) is 0 Å². The average Bonchev–Trinajstić information content (AvgIpc) is 3.15. The van der Waals surface area contributed by atoms with E-state index in [9.17, 15) is 9.59 Å². The summed E-state index contributed by atoms with van der Waals surface area (Å²) in [5, 5.41) is 13.9. The molecule has 0 saturated heterocycles. The van der Waals surface area contributed by atoms with E-state index in [1.54, 1.807) is 6.07 Å². The lowest BCUT2D eigenvalue weighted by Crippen LogP contribution is -2.29. The molecule has 0 saturated carbocycles.